The van der Waals surface area contributed by atoms with Gasteiger partial charge < -0.3 is 0 Å². The Kier molecular flexibility index (Phi) is 2.65. The average Bonchev–Trinajstić information content (AvgIpc) is 2.32. The van der Waals surface area contributed by atoms with E-state index in [9.17, 15) is 19.7 Å². The number of nitrogens with zero attached hydrogens (tertiary/aromatic N) is 3. The molecule has 0 saturated carbocycles. The molecule has 2 amide bonds. The zero-order valence-corrected chi connectivity index (χ0v) is 7.28. The van der Waals surface area contributed by atoms with Crippen LogP contribution < -0.4 is 5.43 Å². The summed E-state index contributed by atoms with van der Waals surface area (Å²) in [5, 5.41) is 14.3. The topological polar surface area (TPSA) is 105 Å². The second-order valence-corrected chi connectivity index (χ2v) is 2.26. The molecule has 8 nitrogen and oxygen atoms in total. The van der Waals surface area contributed by atoms with Gasteiger partial charge in [0.1, 0.15) is 0 Å². The van der Waals surface area contributed by atoms with Gasteiger partial charge in [0.25, 0.3) is 5.91 Å². The summed E-state index contributed by atoms with van der Waals surface area (Å²) in [5.41, 5.74) is 1.10. The van der Waals surface area contributed by atoms with Crippen LogP contribution in [0.3, 0.4) is 0 Å². The molecule has 0 aliphatic carbocycles. The number of thiocarbonyl (C=S) groups is 1. The molecule has 9 heteroatoms. The average molecular weight is 214 g/mol. The number of hydrogen-bond acceptors (Lipinski definition) is 6. The van der Waals surface area contributed by atoms with E-state index in [4.69, 9.17) is 0 Å². The quantitative estimate of drug-likeness (QED) is 0.213. The van der Waals surface area contributed by atoms with E-state index in [1.54, 1.807) is 10.6 Å². The van der Waals surface area contributed by atoms with Gasteiger partial charge in [-0.25, -0.2) is 10.1 Å². The molecule has 1 aliphatic heterocycles. The number of carbonyl (C=O) groups is 2. The van der Waals surface area contributed by atoms with Crippen molar-refractivity contribution in [2.24, 2.45) is 5.10 Å². The summed E-state index contributed by atoms with van der Waals surface area (Å²) >= 11 is 4.18. The number of hydrazone groups is 1. The Morgan fingerprint density at radius 2 is 2.29 bits per heavy atom. The number of nitro groups is 1. The summed E-state index contributed by atoms with van der Waals surface area (Å²) in [6.45, 7) is 0. The van der Waals surface area contributed by atoms with E-state index in [2.05, 4.69) is 17.3 Å². The monoisotopic (exact) mass is 214 g/mol. The van der Waals surface area contributed by atoms with Crippen LogP contribution in [0.25, 0.3) is 0 Å². The van der Waals surface area contributed by atoms with Crippen molar-refractivity contribution in [1.82, 2.24) is 10.4 Å². The van der Waals surface area contributed by atoms with E-state index in [1.165, 1.54) is 0 Å². The van der Waals surface area contributed by atoms with Crippen LogP contribution in [0.15, 0.2) is 16.9 Å². The molecule has 0 spiro atoms. The van der Waals surface area contributed by atoms with Crippen molar-refractivity contribution in [1.29, 1.82) is 0 Å². The van der Waals surface area contributed by atoms with Gasteiger partial charge in [-0.1, -0.05) is 0 Å². The molecule has 1 N–H and O–H groups in total. The summed E-state index contributed by atoms with van der Waals surface area (Å²) in [6, 6.07) is 0. The van der Waals surface area contributed by atoms with Crippen LogP contribution in [0.2, 0.25) is 0 Å². The summed E-state index contributed by atoms with van der Waals surface area (Å²) in [4.78, 5) is 32.1. The summed E-state index contributed by atoms with van der Waals surface area (Å²) < 4.78 is 0. The third-order valence-electron chi connectivity index (χ3n) is 1.25. The molecule has 0 saturated heterocycles. The maximum absolute atomic E-state index is 11.1. The van der Waals surface area contributed by atoms with Crippen molar-refractivity contribution in [3.8, 4) is 0 Å². The third kappa shape index (κ3) is 1.79. The zero-order valence-electron chi connectivity index (χ0n) is 6.46. The van der Waals surface area contributed by atoms with Crippen LogP contribution in [0.5, 0.6) is 0 Å². The standard InChI is InChI=1S/C5H2N4O4S/c10-4-1-3(7-9(12)13)5(11)8(4)6-2-14/h1,7H. The van der Waals surface area contributed by atoms with Crippen molar-refractivity contribution in [2.45, 2.75) is 0 Å². The molecular formula is C5H2N4O4S. The Morgan fingerprint density at radius 1 is 1.64 bits per heavy atom. The normalized spacial score (nSPS) is 14.9. The van der Waals surface area contributed by atoms with Crippen molar-refractivity contribution >= 4 is 29.2 Å². The molecule has 1 rings (SSSR count). The SMILES string of the molecule is O=C1C=C(N[N+](=O)[O-])C(=O)N1N=C=S. The smallest absolute Gasteiger partial charge is 0.267 e. The fourth-order valence-corrected chi connectivity index (χ4v) is 0.856. The van der Waals surface area contributed by atoms with E-state index in [0.717, 1.165) is 6.08 Å². The molecule has 0 fully saturated rings. The van der Waals surface area contributed by atoms with Crippen LogP contribution in [0.4, 0.5) is 0 Å². The lowest BCUT2D eigenvalue weighted by Crippen LogP contribution is -2.31. The summed E-state index contributed by atoms with van der Waals surface area (Å²) in [7, 11) is 0. The predicted molar refractivity (Wildman–Crippen MR) is 45.1 cm³/mol. The first-order valence-corrected chi connectivity index (χ1v) is 3.56. The molecule has 0 aromatic rings. The predicted octanol–water partition coefficient (Wildman–Crippen LogP) is -0.962. The fraction of sp³-hybridized carbons (Fsp3) is 0. The third-order valence-corrected chi connectivity index (χ3v) is 1.33. The van der Waals surface area contributed by atoms with Crippen LogP contribution >= 0.6 is 12.2 Å². The van der Waals surface area contributed by atoms with Gasteiger partial charge in [0, 0.05) is 6.08 Å². The maximum atomic E-state index is 11.1. The summed E-state index contributed by atoms with van der Waals surface area (Å²) in [6.07, 6.45) is 0.751. The molecule has 1 aliphatic rings. The Bertz CT molecular complexity index is 397. The first-order chi connectivity index (χ1) is 6.56. The number of carbonyl (C=O) groups excluding carboxylic acids is 2. The Hall–Kier alpha value is -2.12. The van der Waals surface area contributed by atoms with E-state index in [1.807, 2.05) is 0 Å². The summed E-state index contributed by atoms with van der Waals surface area (Å²) in [5.74, 6) is -1.75. The minimum absolute atomic E-state index is 0.374. The molecule has 0 aromatic carbocycles. The molecule has 1 heterocycles. The number of nitrogens with one attached hydrogen (secondary N) is 1. The first kappa shape index (κ1) is 9.96. The molecule has 0 aromatic heterocycles. The molecule has 0 radical (unpaired) electrons. The minimum atomic E-state index is -0.957. The van der Waals surface area contributed by atoms with Crippen LogP contribution in [-0.2, 0) is 9.59 Å². The van der Waals surface area contributed by atoms with Crippen molar-refractivity contribution in [3.05, 3.63) is 21.9 Å². The molecule has 0 atom stereocenters. The van der Waals surface area contributed by atoms with Gasteiger partial charge in [0.05, 0.1) is 5.16 Å². The van der Waals surface area contributed by atoms with Crippen LogP contribution in [0.1, 0.15) is 0 Å². The van der Waals surface area contributed by atoms with Crippen molar-refractivity contribution < 1.29 is 14.6 Å². The molecule has 0 bridgehead atoms. The van der Waals surface area contributed by atoms with Gasteiger partial charge in [-0.15, -0.1) is 15.5 Å². The van der Waals surface area contributed by atoms with Gasteiger partial charge in [-0.2, -0.15) is 0 Å². The Labute approximate surface area is 82.0 Å². The highest BCUT2D eigenvalue weighted by Crippen LogP contribution is 2.09. The second kappa shape index (κ2) is 3.73. The Balaban J connectivity index is 2.89. The molecule has 0 unspecified atom stereocenters. The number of isothiocyanates is 1. The largest absolute Gasteiger partial charge is 0.304 e. The number of amides is 2. The van der Waals surface area contributed by atoms with Gasteiger partial charge >= 0.3 is 5.91 Å². The number of imide groups is 1. The molecular weight excluding hydrogens is 212 g/mol. The maximum Gasteiger partial charge on any atom is 0.304 e. The molecule has 14 heavy (non-hydrogen) atoms. The van der Waals surface area contributed by atoms with Crippen LogP contribution in [0, 0.1) is 10.1 Å². The highest BCUT2D eigenvalue weighted by molar-refractivity contribution is 7.78. The highest BCUT2D eigenvalue weighted by Gasteiger charge is 2.33. The molecule has 72 valence electrons. The van der Waals surface area contributed by atoms with Crippen molar-refractivity contribution in [2.75, 3.05) is 0 Å². The lowest BCUT2D eigenvalue weighted by molar-refractivity contribution is -0.534. The highest BCUT2D eigenvalue weighted by atomic mass is 32.1. The lowest BCUT2D eigenvalue weighted by atomic mass is 10.4. The van der Waals surface area contributed by atoms with Crippen molar-refractivity contribution in [3.63, 3.8) is 0 Å². The number of hydrogen-bond donors (Lipinski definition) is 1. The second-order valence-electron chi connectivity index (χ2n) is 2.07. The van der Waals surface area contributed by atoms with E-state index < -0.39 is 22.5 Å². The van der Waals surface area contributed by atoms with E-state index in [0.29, 0.717) is 5.01 Å². The van der Waals surface area contributed by atoms with Gasteiger partial charge in [0.2, 0.25) is 0 Å². The van der Waals surface area contributed by atoms with Gasteiger partial charge in [0.15, 0.2) is 10.7 Å². The number of hydrazine groups is 1. The van der Waals surface area contributed by atoms with Gasteiger partial charge in [-0.3, -0.25) is 9.59 Å². The van der Waals surface area contributed by atoms with E-state index >= 15 is 0 Å². The van der Waals surface area contributed by atoms with E-state index in [-0.39, 0.29) is 0 Å². The number of rotatable bonds is 3. The van der Waals surface area contributed by atoms with Crippen LogP contribution in [-0.4, -0.2) is 27.0 Å². The fourth-order valence-electron chi connectivity index (χ4n) is 0.774. The zero-order chi connectivity index (χ0) is 10.7. The Morgan fingerprint density at radius 3 is 2.79 bits per heavy atom. The lowest BCUT2D eigenvalue weighted by Gasteiger charge is -2.02. The van der Waals surface area contributed by atoms with Gasteiger partial charge in [-0.05, 0) is 12.2 Å². The minimum Gasteiger partial charge on any atom is -0.267 e. The first-order valence-electron chi connectivity index (χ1n) is 3.15.